The Morgan fingerprint density at radius 3 is 2.45 bits per heavy atom. The Kier molecular flexibility index (Phi) is 8.73. The Hall–Kier alpha value is -2.75. The van der Waals surface area contributed by atoms with Gasteiger partial charge >= 0.3 is 0 Å². The first kappa shape index (κ1) is 24.5. The Bertz CT molecular complexity index is 956. The molecule has 0 radical (unpaired) electrons. The van der Waals surface area contributed by atoms with Crippen LogP contribution in [0.1, 0.15) is 59.8 Å². The summed E-state index contributed by atoms with van der Waals surface area (Å²) in [4.78, 5) is 12.9. The van der Waals surface area contributed by atoms with Crippen molar-refractivity contribution in [1.29, 1.82) is 0 Å². The molecule has 0 spiro atoms. The van der Waals surface area contributed by atoms with E-state index in [4.69, 9.17) is 16.3 Å². The summed E-state index contributed by atoms with van der Waals surface area (Å²) < 4.78 is 33.8. The molecule has 168 valence electrons. The standard InChI is InChI=1S/C21H24ClF2N3O4/c1-12(6-4-5-11-22)31-20-16(17(18(23)24)26-27(20)3)19(28)25-13(2)14-7-9-15(10-8-14)21(29)30/h4-10,13,18,21,29-30H,11H2,1-3H3,(H,25,28). The van der Waals surface area contributed by atoms with Crippen molar-refractivity contribution in [3.8, 4) is 5.88 Å². The van der Waals surface area contributed by atoms with Gasteiger partial charge in [-0.25, -0.2) is 13.5 Å². The number of amides is 1. The van der Waals surface area contributed by atoms with E-state index in [1.807, 2.05) is 0 Å². The van der Waals surface area contributed by atoms with Crippen molar-refractivity contribution in [2.45, 2.75) is 32.6 Å². The predicted octanol–water partition coefficient (Wildman–Crippen LogP) is 3.91. The maximum Gasteiger partial charge on any atom is 0.283 e. The van der Waals surface area contributed by atoms with Crippen molar-refractivity contribution in [2.75, 3.05) is 5.88 Å². The van der Waals surface area contributed by atoms with Crippen LogP contribution in [0.5, 0.6) is 5.88 Å². The van der Waals surface area contributed by atoms with Crippen LogP contribution in [0.25, 0.3) is 0 Å². The molecule has 0 saturated heterocycles. The molecule has 1 aromatic carbocycles. The highest BCUT2D eigenvalue weighted by molar-refractivity contribution is 6.18. The zero-order valence-electron chi connectivity index (χ0n) is 17.2. The first-order chi connectivity index (χ1) is 14.6. The van der Waals surface area contributed by atoms with Gasteiger partial charge in [-0.3, -0.25) is 4.79 Å². The van der Waals surface area contributed by atoms with E-state index in [1.54, 1.807) is 44.2 Å². The number of aliphatic hydroxyl groups excluding tert-OH is 1. The van der Waals surface area contributed by atoms with Crippen LogP contribution in [-0.2, 0) is 7.05 Å². The summed E-state index contributed by atoms with van der Waals surface area (Å²) in [7, 11) is 1.40. The third-order valence-corrected chi connectivity index (χ3v) is 4.53. The summed E-state index contributed by atoms with van der Waals surface area (Å²) in [6, 6.07) is 5.64. The molecule has 1 atom stereocenters. The maximum atomic E-state index is 13.5. The third-order valence-electron chi connectivity index (χ3n) is 4.35. The molecule has 0 bridgehead atoms. The van der Waals surface area contributed by atoms with Crippen LogP contribution in [-0.4, -0.2) is 31.8 Å². The highest BCUT2D eigenvalue weighted by Crippen LogP contribution is 2.31. The number of carbonyl (C=O) groups excluding carboxylic acids is 1. The van der Waals surface area contributed by atoms with Crippen LogP contribution in [0.15, 0.2) is 48.3 Å². The van der Waals surface area contributed by atoms with Crippen LogP contribution in [0.3, 0.4) is 0 Å². The number of carbonyl (C=O) groups is 1. The molecule has 0 saturated carbocycles. The van der Waals surface area contributed by atoms with Gasteiger partial charge < -0.3 is 20.3 Å². The molecule has 1 unspecified atom stereocenters. The second-order valence-corrected chi connectivity index (χ2v) is 7.00. The minimum absolute atomic E-state index is 0.119. The van der Waals surface area contributed by atoms with Crippen molar-refractivity contribution < 1.29 is 28.5 Å². The van der Waals surface area contributed by atoms with Gasteiger partial charge in [-0.05, 0) is 25.5 Å². The largest absolute Gasteiger partial charge is 0.443 e. The lowest BCUT2D eigenvalue weighted by Crippen LogP contribution is -2.27. The number of aryl methyl sites for hydroxylation is 1. The Labute approximate surface area is 183 Å². The Balaban J connectivity index is 2.31. The lowest BCUT2D eigenvalue weighted by molar-refractivity contribution is -0.0425. The third kappa shape index (κ3) is 6.36. The van der Waals surface area contributed by atoms with Gasteiger partial charge in [0, 0.05) is 18.5 Å². The van der Waals surface area contributed by atoms with E-state index < -0.39 is 30.4 Å². The van der Waals surface area contributed by atoms with Crippen LogP contribution < -0.4 is 10.1 Å². The quantitative estimate of drug-likeness (QED) is 0.230. The highest BCUT2D eigenvalue weighted by Gasteiger charge is 2.30. The van der Waals surface area contributed by atoms with Crippen LogP contribution in [0.4, 0.5) is 8.78 Å². The summed E-state index contributed by atoms with van der Waals surface area (Å²) >= 11 is 5.57. The van der Waals surface area contributed by atoms with Gasteiger partial charge in [0.15, 0.2) is 6.29 Å². The molecular formula is C21H24ClF2N3O4. The molecule has 0 aliphatic heterocycles. The van der Waals surface area contributed by atoms with Gasteiger partial charge in [0.05, 0.1) is 6.04 Å². The van der Waals surface area contributed by atoms with E-state index in [0.717, 1.165) is 4.68 Å². The molecule has 0 aliphatic rings. The summed E-state index contributed by atoms with van der Waals surface area (Å²) in [6.45, 7) is 3.28. The number of alkyl halides is 3. The van der Waals surface area contributed by atoms with Gasteiger partial charge in [-0.15, -0.1) is 11.6 Å². The first-order valence-corrected chi connectivity index (χ1v) is 9.88. The molecule has 31 heavy (non-hydrogen) atoms. The molecule has 2 rings (SSSR count). The van der Waals surface area contributed by atoms with Crippen molar-refractivity contribution in [3.63, 3.8) is 0 Å². The van der Waals surface area contributed by atoms with Crippen molar-refractivity contribution >= 4 is 17.5 Å². The number of halogens is 3. The van der Waals surface area contributed by atoms with Gasteiger partial charge in [0.25, 0.3) is 12.3 Å². The topological polar surface area (TPSA) is 96.6 Å². The number of ether oxygens (including phenoxy) is 1. The van der Waals surface area contributed by atoms with E-state index >= 15 is 0 Å². The Morgan fingerprint density at radius 1 is 1.29 bits per heavy atom. The monoisotopic (exact) mass is 455 g/mol. The molecule has 0 fully saturated rings. The average Bonchev–Trinajstić information content (AvgIpc) is 3.04. The predicted molar refractivity (Wildman–Crippen MR) is 112 cm³/mol. The number of hydrogen-bond donors (Lipinski definition) is 3. The minimum atomic E-state index is -2.98. The number of benzene rings is 1. The van der Waals surface area contributed by atoms with Crippen LogP contribution in [0.2, 0.25) is 0 Å². The maximum absolute atomic E-state index is 13.5. The van der Waals surface area contributed by atoms with E-state index in [9.17, 15) is 23.8 Å². The molecule has 10 heteroatoms. The first-order valence-electron chi connectivity index (χ1n) is 9.34. The minimum Gasteiger partial charge on any atom is -0.443 e. The number of hydrogen-bond acceptors (Lipinski definition) is 5. The number of nitrogens with zero attached hydrogens (tertiary/aromatic N) is 2. The lowest BCUT2D eigenvalue weighted by Gasteiger charge is -2.16. The zero-order chi connectivity index (χ0) is 23.1. The van der Waals surface area contributed by atoms with Crippen LogP contribution in [0, 0.1) is 0 Å². The fourth-order valence-electron chi connectivity index (χ4n) is 2.76. The molecule has 7 nitrogen and oxygen atoms in total. The van der Waals surface area contributed by atoms with Crippen LogP contribution >= 0.6 is 11.6 Å². The van der Waals surface area contributed by atoms with E-state index in [2.05, 4.69) is 10.4 Å². The number of aromatic nitrogens is 2. The van der Waals surface area contributed by atoms with Gasteiger partial charge in [0.1, 0.15) is 17.0 Å². The van der Waals surface area contributed by atoms with Crippen molar-refractivity contribution in [2.24, 2.45) is 7.05 Å². The Morgan fingerprint density at radius 2 is 1.90 bits per heavy atom. The van der Waals surface area contributed by atoms with E-state index in [-0.39, 0.29) is 17.0 Å². The molecule has 1 aromatic heterocycles. The second kappa shape index (κ2) is 11.0. The SMILES string of the molecule is CC(=CC=CCCl)Oc1c(C(=O)NC(C)c2ccc(C(O)O)cc2)c(C(F)F)nn1C. The molecule has 3 N–H and O–H groups in total. The van der Waals surface area contributed by atoms with Crippen molar-refractivity contribution in [3.05, 3.63) is 70.6 Å². The van der Waals surface area contributed by atoms with E-state index in [1.165, 1.54) is 19.2 Å². The van der Waals surface area contributed by atoms with Gasteiger partial charge in [0.2, 0.25) is 5.88 Å². The number of allylic oxidation sites excluding steroid dienone is 4. The van der Waals surface area contributed by atoms with E-state index in [0.29, 0.717) is 17.2 Å². The number of aliphatic hydroxyl groups is 2. The molecule has 1 heterocycles. The molecule has 0 aliphatic carbocycles. The fraction of sp³-hybridized carbons (Fsp3) is 0.333. The zero-order valence-corrected chi connectivity index (χ0v) is 18.0. The molecular weight excluding hydrogens is 432 g/mol. The summed E-state index contributed by atoms with van der Waals surface area (Å²) in [6.07, 6.45) is 0.294. The fourth-order valence-corrected chi connectivity index (χ4v) is 2.86. The lowest BCUT2D eigenvalue weighted by atomic mass is 10.1. The van der Waals surface area contributed by atoms with Gasteiger partial charge in [-0.1, -0.05) is 36.4 Å². The summed E-state index contributed by atoms with van der Waals surface area (Å²) in [5.74, 6) is -0.243. The molecule has 2 aromatic rings. The molecule has 1 amide bonds. The highest BCUT2D eigenvalue weighted by atomic mass is 35.5. The normalized spacial score (nSPS) is 13.3. The number of rotatable bonds is 9. The second-order valence-electron chi connectivity index (χ2n) is 6.69. The van der Waals surface area contributed by atoms with Crippen molar-refractivity contribution in [1.82, 2.24) is 15.1 Å². The average molecular weight is 456 g/mol. The summed E-state index contributed by atoms with van der Waals surface area (Å²) in [5, 5.41) is 24.8. The smallest absolute Gasteiger partial charge is 0.283 e. The van der Waals surface area contributed by atoms with Gasteiger partial charge in [-0.2, -0.15) is 5.10 Å². The number of nitrogens with one attached hydrogen (secondary N) is 1. The summed E-state index contributed by atoms with van der Waals surface area (Å²) in [5.41, 5.74) is -0.119.